The maximum atomic E-state index is 10.3. The van der Waals surface area contributed by atoms with Crippen molar-refractivity contribution in [2.45, 2.75) is 40.5 Å². The highest BCUT2D eigenvalue weighted by Gasteiger charge is 2.08. The molecule has 1 heteroatoms. The van der Waals surface area contributed by atoms with Crippen LogP contribution in [0.1, 0.15) is 40.5 Å². The van der Waals surface area contributed by atoms with Crippen molar-refractivity contribution in [2.75, 3.05) is 0 Å². The van der Waals surface area contributed by atoms with Crippen LogP contribution in [-0.2, 0) is 4.79 Å². The van der Waals surface area contributed by atoms with Crippen LogP contribution in [0.4, 0.5) is 0 Å². The molecule has 0 radical (unpaired) electrons. The van der Waals surface area contributed by atoms with Crippen molar-refractivity contribution in [3.05, 3.63) is 0 Å². The van der Waals surface area contributed by atoms with Gasteiger partial charge in [-0.2, -0.15) is 0 Å². The minimum atomic E-state index is 0.246. The van der Waals surface area contributed by atoms with E-state index in [4.69, 9.17) is 0 Å². The predicted molar refractivity (Wildman–Crippen MR) is 48.5 cm³/mol. The van der Waals surface area contributed by atoms with Gasteiger partial charge < -0.3 is 4.79 Å². The van der Waals surface area contributed by atoms with Gasteiger partial charge in [0, 0.05) is 5.92 Å². The smallest absolute Gasteiger partial charge is 0.122 e. The Balaban J connectivity index is 3.45. The van der Waals surface area contributed by atoms with Crippen LogP contribution in [0.5, 0.6) is 0 Å². The lowest BCUT2D eigenvalue weighted by atomic mass is 9.90. The molecule has 0 amide bonds. The highest BCUT2D eigenvalue weighted by molar-refractivity contribution is 5.52. The lowest BCUT2D eigenvalue weighted by molar-refractivity contribution is -0.110. The second-order valence-corrected chi connectivity index (χ2v) is 3.91. The lowest BCUT2D eigenvalue weighted by Gasteiger charge is -2.15. The average molecular weight is 156 g/mol. The summed E-state index contributed by atoms with van der Waals surface area (Å²) in [5, 5.41) is 0. The van der Waals surface area contributed by atoms with E-state index < -0.39 is 0 Å². The SMILES string of the molecule is CC(C=O)CCC(C)C(C)C. The molecule has 1 nitrogen and oxygen atoms in total. The van der Waals surface area contributed by atoms with Gasteiger partial charge in [-0.25, -0.2) is 0 Å². The van der Waals surface area contributed by atoms with Crippen molar-refractivity contribution in [1.29, 1.82) is 0 Å². The lowest BCUT2D eigenvalue weighted by Crippen LogP contribution is -2.06. The molecule has 11 heavy (non-hydrogen) atoms. The molecule has 0 heterocycles. The molecular formula is C10H20O. The van der Waals surface area contributed by atoms with E-state index in [2.05, 4.69) is 20.8 Å². The highest BCUT2D eigenvalue weighted by atomic mass is 16.1. The van der Waals surface area contributed by atoms with Crippen LogP contribution in [0.15, 0.2) is 0 Å². The quantitative estimate of drug-likeness (QED) is 0.559. The average Bonchev–Trinajstić information content (AvgIpc) is 1.99. The number of rotatable bonds is 5. The Bertz CT molecular complexity index is 107. The molecule has 0 aliphatic heterocycles. The Morgan fingerprint density at radius 1 is 1.09 bits per heavy atom. The summed E-state index contributed by atoms with van der Waals surface area (Å²) in [5.74, 6) is 1.74. The third-order valence-corrected chi connectivity index (χ3v) is 2.45. The Kier molecular flexibility index (Phi) is 5.18. The van der Waals surface area contributed by atoms with Gasteiger partial charge in [-0.1, -0.05) is 27.7 Å². The topological polar surface area (TPSA) is 17.1 Å². The summed E-state index contributed by atoms with van der Waals surface area (Å²) >= 11 is 0. The summed E-state index contributed by atoms with van der Waals surface area (Å²) in [6, 6.07) is 0. The zero-order valence-electron chi connectivity index (χ0n) is 8.13. The van der Waals surface area contributed by atoms with Crippen LogP contribution in [0.3, 0.4) is 0 Å². The van der Waals surface area contributed by atoms with Gasteiger partial charge >= 0.3 is 0 Å². The summed E-state index contributed by atoms with van der Waals surface area (Å²) in [6.07, 6.45) is 3.27. The molecule has 2 unspecified atom stereocenters. The first-order valence-corrected chi connectivity index (χ1v) is 4.53. The molecule has 0 spiro atoms. The molecule has 0 aliphatic rings. The summed E-state index contributed by atoms with van der Waals surface area (Å²) in [7, 11) is 0. The van der Waals surface area contributed by atoms with Crippen molar-refractivity contribution >= 4 is 6.29 Å². The number of aldehydes is 1. The van der Waals surface area contributed by atoms with E-state index in [1.807, 2.05) is 6.92 Å². The van der Waals surface area contributed by atoms with Gasteiger partial charge in [0.2, 0.25) is 0 Å². The molecule has 0 N–H and O–H groups in total. The van der Waals surface area contributed by atoms with E-state index in [1.165, 1.54) is 6.42 Å². The Morgan fingerprint density at radius 3 is 2.00 bits per heavy atom. The van der Waals surface area contributed by atoms with Gasteiger partial charge in [-0.05, 0) is 24.7 Å². The minimum absolute atomic E-state index is 0.246. The maximum absolute atomic E-state index is 10.3. The molecule has 0 fully saturated rings. The van der Waals surface area contributed by atoms with Crippen LogP contribution in [0.25, 0.3) is 0 Å². The predicted octanol–water partition coefficient (Wildman–Crippen LogP) is 2.89. The first-order valence-electron chi connectivity index (χ1n) is 4.53. The van der Waals surface area contributed by atoms with Crippen molar-refractivity contribution in [3.63, 3.8) is 0 Å². The summed E-state index contributed by atoms with van der Waals surface area (Å²) < 4.78 is 0. The third kappa shape index (κ3) is 5.00. The number of carbonyl (C=O) groups excluding carboxylic acids is 1. The van der Waals surface area contributed by atoms with Gasteiger partial charge in [0.15, 0.2) is 0 Å². The first kappa shape index (κ1) is 10.7. The standard InChI is InChI=1S/C10H20O/c1-8(2)10(4)6-5-9(3)7-11/h7-10H,5-6H2,1-4H3. The molecule has 2 atom stereocenters. The van der Waals surface area contributed by atoms with Crippen LogP contribution in [0, 0.1) is 17.8 Å². The Hall–Kier alpha value is -0.330. The van der Waals surface area contributed by atoms with Crippen molar-refractivity contribution in [3.8, 4) is 0 Å². The van der Waals surface area contributed by atoms with E-state index >= 15 is 0 Å². The maximum Gasteiger partial charge on any atom is 0.122 e. The van der Waals surface area contributed by atoms with Crippen molar-refractivity contribution < 1.29 is 4.79 Å². The molecule has 0 saturated carbocycles. The second-order valence-electron chi connectivity index (χ2n) is 3.91. The molecule has 0 rings (SSSR count). The van der Waals surface area contributed by atoms with E-state index in [0.29, 0.717) is 0 Å². The Morgan fingerprint density at radius 2 is 1.64 bits per heavy atom. The van der Waals surface area contributed by atoms with Gasteiger partial charge in [0.1, 0.15) is 6.29 Å². The monoisotopic (exact) mass is 156 g/mol. The van der Waals surface area contributed by atoms with Crippen molar-refractivity contribution in [1.82, 2.24) is 0 Å². The fourth-order valence-corrected chi connectivity index (χ4v) is 0.927. The molecular weight excluding hydrogens is 136 g/mol. The molecule has 0 aromatic carbocycles. The van der Waals surface area contributed by atoms with Crippen molar-refractivity contribution in [2.24, 2.45) is 17.8 Å². The molecule has 66 valence electrons. The fraction of sp³-hybridized carbons (Fsp3) is 0.900. The second kappa shape index (κ2) is 5.34. The Labute approximate surface area is 70.2 Å². The highest BCUT2D eigenvalue weighted by Crippen LogP contribution is 2.18. The van der Waals surface area contributed by atoms with E-state index in [0.717, 1.165) is 24.5 Å². The van der Waals surface area contributed by atoms with Crippen LogP contribution in [-0.4, -0.2) is 6.29 Å². The molecule has 0 aromatic heterocycles. The summed E-state index contributed by atoms with van der Waals surface area (Å²) in [4.78, 5) is 10.3. The molecule has 0 aliphatic carbocycles. The molecule has 0 bridgehead atoms. The summed E-state index contributed by atoms with van der Waals surface area (Å²) in [6.45, 7) is 8.70. The zero-order chi connectivity index (χ0) is 8.85. The van der Waals surface area contributed by atoms with Crippen LogP contribution >= 0.6 is 0 Å². The number of hydrogen-bond donors (Lipinski definition) is 0. The molecule has 0 aromatic rings. The normalized spacial score (nSPS) is 16.5. The van der Waals surface area contributed by atoms with Gasteiger partial charge in [0.25, 0.3) is 0 Å². The minimum Gasteiger partial charge on any atom is -0.303 e. The summed E-state index contributed by atoms with van der Waals surface area (Å²) in [5.41, 5.74) is 0. The van der Waals surface area contributed by atoms with Crippen LogP contribution < -0.4 is 0 Å². The van der Waals surface area contributed by atoms with E-state index in [-0.39, 0.29) is 5.92 Å². The van der Waals surface area contributed by atoms with E-state index in [9.17, 15) is 4.79 Å². The zero-order valence-corrected chi connectivity index (χ0v) is 8.13. The van der Waals surface area contributed by atoms with Gasteiger partial charge in [-0.3, -0.25) is 0 Å². The number of hydrogen-bond acceptors (Lipinski definition) is 1. The first-order chi connectivity index (χ1) is 5.07. The van der Waals surface area contributed by atoms with E-state index in [1.54, 1.807) is 0 Å². The largest absolute Gasteiger partial charge is 0.303 e. The molecule has 0 saturated heterocycles. The fourth-order valence-electron chi connectivity index (χ4n) is 0.927. The van der Waals surface area contributed by atoms with Crippen LogP contribution in [0.2, 0.25) is 0 Å². The number of carbonyl (C=O) groups is 1. The van der Waals surface area contributed by atoms with Gasteiger partial charge in [-0.15, -0.1) is 0 Å². The van der Waals surface area contributed by atoms with Gasteiger partial charge in [0.05, 0.1) is 0 Å². The third-order valence-electron chi connectivity index (χ3n) is 2.45.